The molecular weight excluding hydrogens is 2060 g/mol. The molecule has 0 aromatic heterocycles. The lowest BCUT2D eigenvalue weighted by Gasteiger charge is -2.37. The molecule has 4 aliphatic heterocycles. The predicted octanol–water partition coefficient (Wildman–Crippen LogP) is 24.1. The quantitative estimate of drug-likeness (QED) is 0.0275. The van der Waals surface area contributed by atoms with E-state index in [1.807, 2.05) is 277 Å². The molecule has 4 saturated heterocycles. The lowest BCUT2D eigenvalue weighted by Crippen LogP contribution is -2.49. The minimum atomic E-state index is -1.13. The summed E-state index contributed by atoms with van der Waals surface area (Å²) < 4.78 is 5.89. The molecule has 4 heterocycles. The molecule has 12 aromatic rings. The summed E-state index contributed by atoms with van der Waals surface area (Å²) in [6.45, 7) is 12.6. The molecule has 0 spiro atoms. The van der Waals surface area contributed by atoms with Gasteiger partial charge in [-0.25, -0.2) is 0 Å². The molecule has 32 heteroatoms. The first-order valence-electron chi connectivity index (χ1n) is 46.7. The van der Waals surface area contributed by atoms with Gasteiger partial charge in [0.2, 0.25) is 47.3 Å². The van der Waals surface area contributed by atoms with Gasteiger partial charge in [0.05, 0.1) is 63.1 Å². The monoisotopic (exact) mass is 2170 g/mol. The van der Waals surface area contributed by atoms with Crippen LogP contribution in [0.4, 0.5) is 11.4 Å². The van der Waals surface area contributed by atoms with E-state index in [-0.39, 0.29) is 72.9 Å². The molecule has 8 atom stereocenters. The molecule has 0 aliphatic carbocycles. The van der Waals surface area contributed by atoms with Gasteiger partial charge in [-0.05, 0) is 259 Å². The van der Waals surface area contributed by atoms with E-state index in [9.17, 15) is 38.4 Å². The Morgan fingerprint density at radius 3 is 0.743 bits per heavy atom. The lowest BCUT2D eigenvalue weighted by atomic mass is 9.91. The molecule has 752 valence electrons. The van der Waals surface area contributed by atoms with Crippen LogP contribution in [0.3, 0.4) is 0 Å². The standard InChI is InChI=1S/C29H31Cl2N3O2S.C28H29Cl2N3O2S.C28H28Cl2N2O3S.C27H26Cl2N2O3S/c1-20-4-14-25(15-5-20)37-29(28(36)32-16-17-33(2)3)18-26(35)34(19-21-6-10-23(30)11-7-21)27(29)22-8-12-24(31)13-9-22;1-19-4-14-24(15-5-19)36-28(27(35)31-16-17-32(2)3)18-25(34)33(23-12-10-22(30)11-13-23)26(28)20-6-8-21(29)9-7-20;1-19-3-13-24(14-4-19)36-28(27(34)31-15-16-35-2)17-25(33)32(18-20-5-9-22(29)10-6-20)26(28)21-7-11-23(30)12-8-21;1-18-3-13-23(14-4-18)35-27(26(33)30-15-16-34-2)17-24(32)31(22-11-9-21(29)10-12-22)25(27)19-5-7-20(28)8-6-19/h4-15,27H,16-19H2,1-3H3,(H,32,36);4-15,26H,16-18H2,1-3H3,(H,31,35);3-14,26H,15-18H2,1-2H3,(H,31,34);3-14,25H,15-17H2,1-2H3,(H,30,33). The molecule has 144 heavy (non-hydrogen) atoms. The number of ether oxygens (including phenoxy) is 2. The molecule has 0 saturated carbocycles. The Labute approximate surface area is 900 Å². The summed E-state index contributed by atoms with van der Waals surface area (Å²) in [5.74, 6) is -1.16. The van der Waals surface area contributed by atoms with Gasteiger partial charge in [-0.15, -0.1) is 47.0 Å². The third-order valence-corrected chi connectivity index (χ3v) is 32.6. The van der Waals surface area contributed by atoms with Gasteiger partial charge in [-0.2, -0.15) is 0 Å². The number of thioether (sulfide) groups is 4. The van der Waals surface area contributed by atoms with Crippen LogP contribution in [-0.4, -0.2) is 181 Å². The van der Waals surface area contributed by atoms with E-state index in [1.54, 1.807) is 114 Å². The van der Waals surface area contributed by atoms with Crippen molar-refractivity contribution in [2.45, 2.75) is 129 Å². The smallest absolute Gasteiger partial charge is 0.239 e. The summed E-state index contributed by atoms with van der Waals surface area (Å²) >= 11 is 55.0. The minimum absolute atomic E-state index is 0.0281. The first-order chi connectivity index (χ1) is 69.0. The fourth-order valence-electron chi connectivity index (χ4n) is 17.7. The molecule has 8 amide bonds. The number of carbonyl (C=O) groups excluding carboxylic acids is 8. The number of nitrogens with zero attached hydrogens (tertiary/aromatic N) is 6. The van der Waals surface area contributed by atoms with E-state index in [2.05, 4.69) is 21.3 Å². The van der Waals surface area contributed by atoms with Crippen LogP contribution in [0.5, 0.6) is 0 Å². The molecule has 12 aromatic carbocycles. The van der Waals surface area contributed by atoms with Crippen molar-refractivity contribution in [2.75, 3.05) is 105 Å². The first kappa shape index (κ1) is 111. The number of likely N-dealkylation sites (tertiary alicyclic amines) is 2. The summed E-state index contributed by atoms with van der Waals surface area (Å²) in [4.78, 5) is 126. The van der Waals surface area contributed by atoms with Gasteiger partial charge in [0.25, 0.3) is 0 Å². The van der Waals surface area contributed by atoms with Gasteiger partial charge in [0.15, 0.2) is 0 Å². The van der Waals surface area contributed by atoms with Crippen LogP contribution < -0.4 is 31.1 Å². The number of amides is 8. The zero-order valence-corrected chi connectivity index (χ0v) is 90.7. The highest BCUT2D eigenvalue weighted by molar-refractivity contribution is 8.02. The summed E-state index contributed by atoms with van der Waals surface area (Å²) in [6, 6.07) is 88.6. The second-order valence-electron chi connectivity index (χ2n) is 36.1. The summed E-state index contributed by atoms with van der Waals surface area (Å²) in [6.07, 6.45) is 0.223. The number of carbonyl (C=O) groups is 8. The van der Waals surface area contributed by atoms with Gasteiger partial charge >= 0.3 is 0 Å². The SMILES string of the molecule is COCCNC(=O)C1(Sc2ccc(C)cc2)CC(=O)N(Cc2ccc(Cl)cc2)C1c1ccc(Cl)cc1.COCCNC(=O)C1(Sc2ccc(C)cc2)CC(=O)N(c2ccc(Cl)cc2)C1c1ccc(Cl)cc1.Cc1ccc(SC2(C(=O)NCCN(C)C)CC(=O)N(Cc3ccc(Cl)cc3)C2c2ccc(Cl)cc2)cc1.Cc1ccc(SC2(C(=O)NCCN(C)C)CC(=O)N(c3ccc(Cl)cc3)C2c2ccc(Cl)cc2)cc1. The molecule has 8 unspecified atom stereocenters. The predicted molar refractivity (Wildman–Crippen MR) is 589 cm³/mol. The number of halogens is 8. The Morgan fingerprint density at radius 2 is 0.507 bits per heavy atom. The third-order valence-electron chi connectivity index (χ3n) is 24.9. The second kappa shape index (κ2) is 51.5. The molecule has 20 nitrogen and oxygen atoms in total. The van der Waals surface area contributed by atoms with Crippen LogP contribution in [0.15, 0.2) is 311 Å². The number of hydrogen-bond donors (Lipinski definition) is 4. The normalized spacial score (nSPS) is 19.6. The molecular formula is C112H114Cl8N10O10S4. The summed E-state index contributed by atoms with van der Waals surface area (Å²) in [7, 11) is 11.0. The number of benzene rings is 12. The number of hydrogen-bond acceptors (Lipinski definition) is 16. The Bertz CT molecular complexity index is 6390. The van der Waals surface area contributed by atoms with Crippen molar-refractivity contribution in [3.8, 4) is 0 Å². The van der Waals surface area contributed by atoms with Crippen LogP contribution >= 0.6 is 140 Å². The van der Waals surface area contributed by atoms with E-state index in [4.69, 9.17) is 102 Å². The number of nitrogens with one attached hydrogen (secondary N) is 4. The largest absolute Gasteiger partial charge is 0.383 e. The van der Waals surface area contributed by atoms with E-state index >= 15 is 0 Å². The molecule has 0 bridgehead atoms. The number of methoxy groups -OCH3 is 2. The highest BCUT2D eigenvalue weighted by Gasteiger charge is 2.63. The maximum atomic E-state index is 14.1. The topological polar surface area (TPSA) is 223 Å². The highest BCUT2D eigenvalue weighted by atomic mass is 35.5. The lowest BCUT2D eigenvalue weighted by molar-refractivity contribution is -0.130. The van der Waals surface area contributed by atoms with Crippen molar-refractivity contribution in [1.29, 1.82) is 0 Å². The van der Waals surface area contributed by atoms with Crippen molar-refractivity contribution < 1.29 is 47.8 Å². The molecule has 4 N–H and O–H groups in total. The molecule has 4 fully saturated rings. The van der Waals surface area contributed by atoms with Gasteiger partial charge in [-0.3, -0.25) is 38.4 Å². The van der Waals surface area contributed by atoms with Crippen molar-refractivity contribution in [2.24, 2.45) is 0 Å². The van der Waals surface area contributed by atoms with Gasteiger partial charge in [-0.1, -0.05) is 236 Å². The zero-order chi connectivity index (χ0) is 103. The van der Waals surface area contributed by atoms with Crippen molar-refractivity contribution in [3.05, 3.63) is 387 Å². The highest BCUT2D eigenvalue weighted by Crippen LogP contribution is 2.59. The van der Waals surface area contributed by atoms with Crippen LogP contribution in [0, 0.1) is 27.7 Å². The van der Waals surface area contributed by atoms with Crippen molar-refractivity contribution >= 4 is 198 Å². The Kier molecular flexibility index (Phi) is 39.8. The van der Waals surface area contributed by atoms with Crippen LogP contribution in [0.25, 0.3) is 0 Å². The maximum Gasteiger partial charge on any atom is 0.239 e. The number of likely N-dealkylation sites (N-methyl/N-ethyl adjacent to an activating group) is 2. The molecule has 4 aliphatic rings. The fourth-order valence-corrected chi connectivity index (χ4v) is 24.4. The Balaban J connectivity index is 0.000000161. The Morgan fingerprint density at radius 1 is 0.299 bits per heavy atom. The number of anilines is 2. The van der Waals surface area contributed by atoms with E-state index in [1.165, 1.54) is 47.0 Å². The van der Waals surface area contributed by atoms with Crippen molar-refractivity contribution in [1.82, 2.24) is 40.9 Å². The van der Waals surface area contributed by atoms with E-state index < -0.39 is 43.2 Å². The Hall–Kier alpha value is -10.0. The average Bonchev–Trinajstić information content (AvgIpc) is 1.59. The maximum absolute atomic E-state index is 14.1. The number of rotatable bonds is 34. The minimum Gasteiger partial charge on any atom is -0.383 e. The average molecular weight is 2170 g/mol. The summed E-state index contributed by atoms with van der Waals surface area (Å²) in [5.41, 5.74) is 11.1. The third kappa shape index (κ3) is 28.1. The van der Waals surface area contributed by atoms with Crippen LogP contribution in [-0.2, 0) is 60.9 Å². The van der Waals surface area contributed by atoms with Crippen molar-refractivity contribution in [3.63, 3.8) is 0 Å². The van der Waals surface area contributed by atoms with E-state index in [0.717, 1.165) is 75.2 Å². The van der Waals surface area contributed by atoms with Gasteiger partial charge in [0, 0.05) is 138 Å². The fraction of sp³-hybridized carbons (Fsp3) is 0.286. The first-order valence-corrected chi connectivity index (χ1v) is 53.0. The van der Waals surface area contributed by atoms with Gasteiger partial charge < -0.3 is 60.1 Å². The summed E-state index contributed by atoms with van der Waals surface area (Å²) in [5, 5.41) is 17.0. The van der Waals surface area contributed by atoms with Crippen LogP contribution in [0.2, 0.25) is 40.2 Å². The molecule has 0 radical (unpaired) electrons. The molecule has 16 rings (SSSR count). The zero-order valence-electron chi connectivity index (χ0n) is 81.3. The van der Waals surface area contributed by atoms with E-state index in [0.29, 0.717) is 117 Å². The second-order valence-corrected chi connectivity index (χ2v) is 45.2. The number of aryl methyl sites for hydroxylation is 4. The van der Waals surface area contributed by atoms with Gasteiger partial charge in [0.1, 0.15) is 19.0 Å². The van der Waals surface area contributed by atoms with Crippen LogP contribution in [0.1, 0.15) is 105 Å².